The highest BCUT2D eigenvalue weighted by Crippen LogP contribution is 2.20. The van der Waals surface area contributed by atoms with Crippen molar-refractivity contribution in [3.8, 4) is 0 Å². The van der Waals surface area contributed by atoms with E-state index in [4.69, 9.17) is 4.52 Å². The third kappa shape index (κ3) is 4.09. The molecule has 0 radical (unpaired) electrons. The predicted octanol–water partition coefficient (Wildman–Crippen LogP) is 3.51. The van der Waals surface area contributed by atoms with Gasteiger partial charge >= 0.3 is 0 Å². The van der Waals surface area contributed by atoms with E-state index in [0.29, 0.717) is 31.1 Å². The molecule has 4 rings (SSSR count). The van der Waals surface area contributed by atoms with E-state index in [1.54, 1.807) is 6.07 Å². The summed E-state index contributed by atoms with van der Waals surface area (Å²) in [6.07, 6.45) is 0.881. The van der Waals surface area contributed by atoms with Gasteiger partial charge in [0.15, 0.2) is 11.5 Å². The van der Waals surface area contributed by atoms with Crippen LogP contribution >= 0.6 is 0 Å². The third-order valence-corrected chi connectivity index (χ3v) is 4.92. The molecule has 2 heterocycles. The lowest BCUT2D eigenvalue weighted by molar-refractivity contribution is 0.0724. The molecule has 0 saturated heterocycles. The first-order chi connectivity index (χ1) is 13.2. The number of rotatable bonds is 5. The lowest BCUT2D eigenvalue weighted by atomic mass is 10.00. The number of amides is 1. The van der Waals surface area contributed by atoms with E-state index < -0.39 is 0 Å². The van der Waals surface area contributed by atoms with Crippen LogP contribution in [-0.2, 0) is 26.1 Å². The minimum Gasteiger partial charge on any atom is -0.359 e. The number of fused-ring (bicyclic) bond motifs is 1. The molecule has 0 bridgehead atoms. The molecular formula is C22H23N3O2. The predicted molar refractivity (Wildman–Crippen MR) is 103 cm³/mol. The number of carbonyl (C=O) groups excluding carboxylic acids is 1. The smallest absolute Gasteiger partial charge is 0.276 e. The average Bonchev–Trinajstić information content (AvgIpc) is 3.16. The Morgan fingerprint density at radius 2 is 1.81 bits per heavy atom. The highest BCUT2D eigenvalue weighted by atomic mass is 16.5. The molecule has 2 aromatic carbocycles. The number of aromatic nitrogens is 1. The fourth-order valence-corrected chi connectivity index (χ4v) is 3.54. The van der Waals surface area contributed by atoms with Crippen LogP contribution in [0.1, 0.15) is 32.9 Å². The van der Waals surface area contributed by atoms with Crippen LogP contribution in [0.5, 0.6) is 0 Å². The van der Waals surface area contributed by atoms with Gasteiger partial charge in [-0.1, -0.05) is 59.8 Å². The Labute approximate surface area is 159 Å². The summed E-state index contributed by atoms with van der Waals surface area (Å²) in [6.45, 7) is 2.77. The number of nitrogens with zero attached hydrogens (tertiary/aromatic N) is 3. The minimum atomic E-state index is -0.0646. The molecule has 5 nitrogen and oxygen atoms in total. The van der Waals surface area contributed by atoms with Crippen LogP contribution in [0.15, 0.2) is 65.2 Å². The number of benzene rings is 2. The van der Waals surface area contributed by atoms with Crippen molar-refractivity contribution < 1.29 is 9.32 Å². The standard InChI is InChI=1S/C22H23N3O2/c1-24(14-17-7-3-2-4-8-17)16-20-13-21(23-27-20)22(26)25-12-11-18-9-5-6-10-19(18)15-25/h2-10,13H,11-12,14-16H2,1H3. The molecule has 5 heteroatoms. The van der Waals surface area contributed by atoms with Gasteiger partial charge in [0.1, 0.15) is 0 Å². The van der Waals surface area contributed by atoms with Crippen molar-refractivity contribution in [1.82, 2.24) is 15.0 Å². The van der Waals surface area contributed by atoms with Gasteiger partial charge in [0, 0.05) is 25.7 Å². The molecule has 1 amide bonds. The second-order valence-electron chi connectivity index (χ2n) is 7.08. The van der Waals surface area contributed by atoms with E-state index in [-0.39, 0.29) is 5.91 Å². The van der Waals surface area contributed by atoms with Gasteiger partial charge in [-0.25, -0.2) is 0 Å². The number of hydrogen-bond acceptors (Lipinski definition) is 4. The highest BCUT2D eigenvalue weighted by molar-refractivity contribution is 5.92. The van der Waals surface area contributed by atoms with Crippen LogP contribution < -0.4 is 0 Å². The summed E-state index contributed by atoms with van der Waals surface area (Å²) in [5.74, 6) is 0.638. The molecule has 138 valence electrons. The SMILES string of the molecule is CN(Cc1ccccc1)Cc1cc(C(=O)N2CCc3ccccc3C2)no1. The maximum absolute atomic E-state index is 12.8. The van der Waals surface area contributed by atoms with Crippen molar-refractivity contribution in [3.63, 3.8) is 0 Å². The molecule has 0 saturated carbocycles. The van der Waals surface area contributed by atoms with Crippen LogP contribution in [0.4, 0.5) is 0 Å². The summed E-state index contributed by atoms with van der Waals surface area (Å²) in [5, 5.41) is 4.01. The Balaban J connectivity index is 1.38. The normalized spacial score (nSPS) is 13.6. The molecule has 0 spiro atoms. The summed E-state index contributed by atoms with van der Waals surface area (Å²) in [6, 6.07) is 20.3. The Morgan fingerprint density at radius 1 is 1.07 bits per heavy atom. The van der Waals surface area contributed by atoms with E-state index >= 15 is 0 Å². The molecule has 27 heavy (non-hydrogen) atoms. The average molecular weight is 361 g/mol. The largest absolute Gasteiger partial charge is 0.359 e. The van der Waals surface area contributed by atoms with Gasteiger partial charge in [0.05, 0.1) is 6.54 Å². The molecule has 0 atom stereocenters. The van der Waals surface area contributed by atoms with Gasteiger partial charge in [-0.2, -0.15) is 0 Å². The number of carbonyl (C=O) groups is 1. The molecule has 1 aliphatic heterocycles. The summed E-state index contributed by atoms with van der Waals surface area (Å²) in [7, 11) is 2.03. The van der Waals surface area contributed by atoms with Gasteiger partial charge in [-0.05, 0) is 30.2 Å². The van der Waals surface area contributed by atoms with Crippen LogP contribution in [0.3, 0.4) is 0 Å². The Hall–Kier alpha value is -2.92. The summed E-state index contributed by atoms with van der Waals surface area (Å²) < 4.78 is 5.42. The van der Waals surface area contributed by atoms with Crippen molar-refractivity contribution in [2.24, 2.45) is 0 Å². The molecule has 0 unspecified atom stereocenters. The molecule has 1 aromatic heterocycles. The lowest BCUT2D eigenvalue weighted by Crippen LogP contribution is -2.36. The van der Waals surface area contributed by atoms with Gasteiger partial charge in [-0.15, -0.1) is 0 Å². The van der Waals surface area contributed by atoms with E-state index in [9.17, 15) is 4.79 Å². The second-order valence-corrected chi connectivity index (χ2v) is 7.08. The summed E-state index contributed by atoms with van der Waals surface area (Å²) in [4.78, 5) is 16.8. The van der Waals surface area contributed by atoms with Crippen molar-refractivity contribution in [1.29, 1.82) is 0 Å². The van der Waals surface area contributed by atoms with E-state index in [1.165, 1.54) is 16.7 Å². The summed E-state index contributed by atoms with van der Waals surface area (Å²) >= 11 is 0. The zero-order valence-corrected chi connectivity index (χ0v) is 15.5. The van der Waals surface area contributed by atoms with Gasteiger partial charge in [-0.3, -0.25) is 9.69 Å². The van der Waals surface area contributed by atoms with Crippen molar-refractivity contribution >= 4 is 5.91 Å². The Bertz CT molecular complexity index is 920. The van der Waals surface area contributed by atoms with Crippen LogP contribution in [0.2, 0.25) is 0 Å². The Kier molecular flexibility index (Phi) is 5.03. The van der Waals surface area contributed by atoms with E-state index in [1.807, 2.05) is 42.3 Å². The Morgan fingerprint density at radius 3 is 2.63 bits per heavy atom. The van der Waals surface area contributed by atoms with Crippen molar-refractivity contribution in [2.75, 3.05) is 13.6 Å². The fourth-order valence-electron chi connectivity index (χ4n) is 3.54. The monoisotopic (exact) mass is 361 g/mol. The lowest BCUT2D eigenvalue weighted by Gasteiger charge is -2.28. The molecule has 0 aliphatic carbocycles. The first-order valence-electron chi connectivity index (χ1n) is 9.23. The maximum atomic E-state index is 12.8. The molecular weight excluding hydrogens is 338 g/mol. The molecule has 1 aliphatic rings. The van der Waals surface area contributed by atoms with Crippen LogP contribution in [0, 0.1) is 0 Å². The molecule has 0 fully saturated rings. The zero-order chi connectivity index (χ0) is 18.6. The fraction of sp³-hybridized carbons (Fsp3) is 0.273. The topological polar surface area (TPSA) is 49.6 Å². The minimum absolute atomic E-state index is 0.0646. The van der Waals surface area contributed by atoms with Crippen molar-refractivity contribution in [2.45, 2.75) is 26.1 Å². The van der Waals surface area contributed by atoms with Gasteiger partial charge in [0.2, 0.25) is 0 Å². The zero-order valence-electron chi connectivity index (χ0n) is 15.5. The van der Waals surface area contributed by atoms with Crippen molar-refractivity contribution in [3.05, 3.63) is 88.8 Å². The first-order valence-corrected chi connectivity index (χ1v) is 9.23. The quantitative estimate of drug-likeness (QED) is 0.698. The van der Waals surface area contributed by atoms with Gasteiger partial charge < -0.3 is 9.42 Å². The maximum Gasteiger partial charge on any atom is 0.276 e. The van der Waals surface area contributed by atoms with Crippen LogP contribution in [-0.4, -0.2) is 34.5 Å². The van der Waals surface area contributed by atoms with Gasteiger partial charge in [0.25, 0.3) is 5.91 Å². The van der Waals surface area contributed by atoms with Crippen LogP contribution in [0.25, 0.3) is 0 Å². The highest BCUT2D eigenvalue weighted by Gasteiger charge is 2.24. The first kappa shape index (κ1) is 17.5. The second kappa shape index (κ2) is 7.76. The van der Waals surface area contributed by atoms with E-state index in [0.717, 1.165) is 13.0 Å². The van der Waals surface area contributed by atoms with E-state index in [2.05, 4.69) is 34.3 Å². The molecule has 3 aromatic rings. The number of hydrogen-bond donors (Lipinski definition) is 0. The molecule has 0 N–H and O–H groups in total. The third-order valence-electron chi connectivity index (χ3n) is 4.92. The summed E-state index contributed by atoms with van der Waals surface area (Å²) in [5.41, 5.74) is 4.16.